The zero-order valence-electron chi connectivity index (χ0n) is 15.7. The van der Waals surface area contributed by atoms with E-state index in [1.807, 2.05) is 13.8 Å². The van der Waals surface area contributed by atoms with Gasteiger partial charge in [-0.1, -0.05) is 52.1 Å². The van der Waals surface area contributed by atoms with Crippen molar-refractivity contribution in [2.24, 2.45) is 5.92 Å². The molecule has 0 heterocycles. The number of carboxylic acids is 1. The molecule has 0 atom stereocenters. The second-order valence-electron chi connectivity index (χ2n) is 6.67. The molecular formula is C20H29ClO4. The molecule has 1 aromatic carbocycles. The van der Waals surface area contributed by atoms with Gasteiger partial charge in [-0.15, -0.1) is 0 Å². The van der Waals surface area contributed by atoms with E-state index < -0.39 is 11.9 Å². The van der Waals surface area contributed by atoms with Crippen LogP contribution in [0.4, 0.5) is 0 Å². The van der Waals surface area contributed by atoms with Gasteiger partial charge in [0.1, 0.15) is 0 Å². The van der Waals surface area contributed by atoms with Crippen molar-refractivity contribution in [1.82, 2.24) is 0 Å². The van der Waals surface area contributed by atoms with Crippen molar-refractivity contribution in [3.05, 3.63) is 33.3 Å². The molecule has 0 aromatic heterocycles. The van der Waals surface area contributed by atoms with Crippen LogP contribution in [0, 0.1) is 5.92 Å². The van der Waals surface area contributed by atoms with Crippen molar-refractivity contribution in [1.29, 1.82) is 0 Å². The molecule has 0 aliphatic heterocycles. The molecule has 0 unspecified atom stereocenters. The average Bonchev–Trinajstić information content (AvgIpc) is 2.53. The number of rotatable bonds is 10. The fraction of sp³-hybridized carbons (Fsp3) is 0.600. The van der Waals surface area contributed by atoms with Crippen LogP contribution in [-0.4, -0.2) is 23.7 Å². The fourth-order valence-corrected chi connectivity index (χ4v) is 3.24. The first-order valence-corrected chi connectivity index (χ1v) is 9.45. The third kappa shape index (κ3) is 6.03. The highest BCUT2D eigenvalue weighted by Gasteiger charge is 2.25. The van der Waals surface area contributed by atoms with E-state index in [4.69, 9.17) is 16.3 Å². The molecule has 25 heavy (non-hydrogen) atoms. The Morgan fingerprint density at radius 1 is 1.20 bits per heavy atom. The van der Waals surface area contributed by atoms with Gasteiger partial charge >= 0.3 is 11.9 Å². The van der Waals surface area contributed by atoms with Gasteiger partial charge in [-0.3, -0.25) is 0 Å². The molecule has 0 aliphatic carbocycles. The Labute approximate surface area is 155 Å². The van der Waals surface area contributed by atoms with Gasteiger partial charge in [0.2, 0.25) is 0 Å². The maximum Gasteiger partial charge on any atom is 0.339 e. The second kappa shape index (κ2) is 10.4. The summed E-state index contributed by atoms with van der Waals surface area (Å²) in [5.74, 6) is -1.18. The van der Waals surface area contributed by atoms with Crippen molar-refractivity contribution in [3.8, 4) is 0 Å². The van der Waals surface area contributed by atoms with Crippen LogP contribution in [0.15, 0.2) is 6.07 Å². The molecule has 0 fully saturated rings. The Kier molecular flexibility index (Phi) is 8.98. The van der Waals surface area contributed by atoms with Gasteiger partial charge in [-0.2, -0.15) is 0 Å². The summed E-state index contributed by atoms with van der Waals surface area (Å²) >= 11 is 6.36. The lowest BCUT2D eigenvalue weighted by molar-refractivity contribution is 0.0489. The zero-order chi connectivity index (χ0) is 19.0. The van der Waals surface area contributed by atoms with Crippen molar-refractivity contribution in [2.45, 2.75) is 66.2 Å². The van der Waals surface area contributed by atoms with E-state index in [2.05, 4.69) is 13.8 Å². The summed E-state index contributed by atoms with van der Waals surface area (Å²) in [6.07, 6.45) is 4.71. The first-order chi connectivity index (χ1) is 11.8. The SMILES string of the molecule is CCCCOC(=O)c1cc(Cl)c(CC)c(CCCC(C)C)c1C(=O)O. The summed E-state index contributed by atoms with van der Waals surface area (Å²) in [7, 11) is 0. The van der Waals surface area contributed by atoms with Gasteiger partial charge in [0.15, 0.2) is 0 Å². The van der Waals surface area contributed by atoms with Gasteiger partial charge in [0.05, 0.1) is 17.7 Å². The first-order valence-electron chi connectivity index (χ1n) is 9.08. The van der Waals surface area contributed by atoms with Crippen LogP contribution in [0.2, 0.25) is 5.02 Å². The minimum Gasteiger partial charge on any atom is -0.478 e. The van der Waals surface area contributed by atoms with Gasteiger partial charge in [-0.25, -0.2) is 9.59 Å². The molecule has 1 N–H and O–H groups in total. The number of esters is 1. The van der Waals surface area contributed by atoms with Crippen molar-refractivity contribution in [2.75, 3.05) is 6.61 Å². The number of hydrogen-bond acceptors (Lipinski definition) is 3. The Balaban J connectivity index is 3.30. The molecule has 0 bridgehead atoms. The average molecular weight is 369 g/mol. The lowest BCUT2D eigenvalue weighted by atomic mass is 9.90. The number of carbonyl (C=O) groups excluding carboxylic acids is 1. The number of aromatic carboxylic acids is 1. The molecule has 0 saturated carbocycles. The quantitative estimate of drug-likeness (QED) is 0.435. The minimum absolute atomic E-state index is 0.0477. The molecule has 1 rings (SSSR count). The molecule has 0 radical (unpaired) electrons. The minimum atomic E-state index is -1.10. The van der Waals surface area contributed by atoms with E-state index in [-0.39, 0.29) is 17.7 Å². The summed E-state index contributed by atoms with van der Waals surface area (Å²) < 4.78 is 5.22. The third-order valence-electron chi connectivity index (χ3n) is 4.22. The van der Waals surface area contributed by atoms with E-state index in [0.717, 1.165) is 31.2 Å². The van der Waals surface area contributed by atoms with Crippen molar-refractivity contribution < 1.29 is 19.4 Å². The smallest absolute Gasteiger partial charge is 0.339 e. The van der Waals surface area contributed by atoms with Crippen molar-refractivity contribution in [3.63, 3.8) is 0 Å². The van der Waals surface area contributed by atoms with E-state index in [1.54, 1.807) is 0 Å². The van der Waals surface area contributed by atoms with Crippen LogP contribution in [0.5, 0.6) is 0 Å². The molecule has 4 nitrogen and oxygen atoms in total. The normalized spacial score (nSPS) is 11.0. The Bertz CT molecular complexity index is 608. The molecule has 0 saturated heterocycles. The number of benzene rings is 1. The number of unbranched alkanes of at least 4 members (excludes halogenated alkanes) is 1. The molecule has 0 aliphatic rings. The summed E-state index contributed by atoms with van der Waals surface area (Å²) in [6, 6.07) is 1.45. The summed E-state index contributed by atoms with van der Waals surface area (Å²) in [5, 5.41) is 10.2. The van der Waals surface area contributed by atoms with Crippen LogP contribution in [0.3, 0.4) is 0 Å². The number of ether oxygens (including phenoxy) is 1. The predicted molar refractivity (Wildman–Crippen MR) is 101 cm³/mol. The molecule has 0 amide bonds. The van der Waals surface area contributed by atoms with Crippen LogP contribution < -0.4 is 0 Å². The standard InChI is InChI=1S/C20H29ClO4/c1-5-7-11-25-20(24)16-12-17(21)14(6-2)15(18(16)19(22)23)10-8-9-13(3)4/h12-13H,5-11H2,1-4H3,(H,22,23). The predicted octanol–water partition coefficient (Wildman–Crippen LogP) is 5.54. The number of carboxylic acid groups (broad SMARTS) is 1. The molecular weight excluding hydrogens is 340 g/mol. The number of carbonyl (C=O) groups is 2. The number of hydrogen-bond donors (Lipinski definition) is 1. The fourth-order valence-electron chi connectivity index (χ4n) is 2.88. The lowest BCUT2D eigenvalue weighted by Gasteiger charge is -2.17. The summed E-state index contributed by atoms with van der Waals surface area (Å²) in [5.41, 5.74) is 1.59. The number of halogens is 1. The van der Waals surface area contributed by atoms with E-state index >= 15 is 0 Å². The van der Waals surface area contributed by atoms with E-state index in [0.29, 0.717) is 29.3 Å². The lowest BCUT2D eigenvalue weighted by Crippen LogP contribution is -2.17. The second-order valence-corrected chi connectivity index (χ2v) is 7.08. The largest absolute Gasteiger partial charge is 0.478 e. The summed E-state index contributed by atoms with van der Waals surface area (Å²) in [4.78, 5) is 24.3. The maximum atomic E-state index is 12.4. The van der Waals surface area contributed by atoms with Gasteiger partial charge in [0, 0.05) is 5.02 Å². The molecule has 140 valence electrons. The van der Waals surface area contributed by atoms with Gasteiger partial charge < -0.3 is 9.84 Å². The highest BCUT2D eigenvalue weighted by molar-refractivity contribution is 6.32. The Morgan fingerprint density at radius 2 is 1.88 bits per heavy atom. The summed E-state index contributed by atoms with van der Waals surface area (Å²) in [6.45, 7) is 8.49. The molecule has 0 spiro atoms. The van der Waals surface area contributed by atoms with Crippen LogP contribution in [0.1, 0.15) is 85.2 Å². The zero-order valence-corrected chi connectivity index (χ0v) is 16.4. The first kappa shape index (κ1) is 21.5. The van der Waals surface area contributed by atoms with Gasteiger partial charge in [0.25, 0.3) is 0 Å². The van der Waals surface area contributed by atoms with Crippen LogP contribution in [-0.2, 0) is 17.6 Å². The monoisotopic (exact) mass is 368 g/mol. The topological polar surface area (TPSA) is 63.6 Å². The van der Waals surface area contributed by atoms with Gasteiger partial charge in [-0.05, 0) is 48.8 Å². The van der Waals surface area contributed by atoms with Crippen LogP contribution >= 0.6 is 11.6 Å². The van der Waals surface area contributed by atoms with E-state index in [1.165, 1.54) is 6.07 Å². The Morgan fingerprint density at radius 3 is 2.40 bits per heavy atom. The van der Waals surface area contributed by atoms with Crippen molar-refractivity contribution >= 4 is 23.5 Å². The Hall–Kier alpha value is -1.55. The third-order valence-corrected chi connectivity index (χ3v) is 4.56. The maximum absolute atomic E-state index is 12.4. The highest BCUT2D eigenvalue weighted by atomic mass is 35.5. The molecule has 5 heteroatoms. The van der Waals surface area contributed by atoms with Crippen LogP contribution in [0.25, 0.3) is 0 Å². The van der Waals surface area contributed by atoms with E-state index in [9.17, 15) is 14.7 Å². The molecule has 1 aromatic rings. The highest BCUT2D eigenvalue weighted by Crippen LogP contribution is 2.30.